The van der Waals surface area contributed by atoms with E-state index in [4.69, 9.17) is 39.5 Å². The zero-order valence-corrected chi connectivity index (χ0v) is 18.3. The van der Waals surface area contributed by atoms with Crippen molar-refractivity contribution in [2.45, 2.75) is 26.8 Å². The van der Waals surface area contributed by atoms with Gasteiger partial charge in [0.1, 0.15) is 0 Å². The van der Waals surface area contributed by atoms with E-state index in [-0.39, 0.29) is 12.0 Å². The summed E-state index contributed by atoms with van der Waals surface area (Å²) in [5, 5.41) is 2.74. The maximum absolute atomic E-state index is 12.6. The highest BCUT2D eigenvalue weighted by Crippen LogP contribution is 2.40. The Labute approximate surface area is 181 Å². The van der Waals surface area contributed by atoms with E-state index in [2.05, 4.69) is 4.90 Å². The summed E-state index contributed by atoms with van der Waals surface area (Å²) in [6.07, 6.45) is 0. The summed E-state index contributed by atoms with van der Waals surface area (Å²) in [6, 6.07) is 10.4. The normalized spacial score (nSPS) is 18.0. The van der Waals surface area contributed by atoms with Crippen LogP contribution >= 0.6 is 23.2 Å². The maximum atomic E-state index is 12.6. The predicted octanol–water partition coefficient (Wildman–Crippen LogP) is 4.53. The SMILES string of the molecule is CC(C)(C)C(=O)ON1CCN(c2c(N)cccc2Cl)CC1c1c(N)cccc1Cl. The summed E-state index contributed by atoms with van der Waals surface area (Å²) >= 11 is 12.9. The molecule has 29 heavy (non-hydrogen) atoms. The van der Waals surface area contributed by atoms with Gasteiger partial charge in [-0.05, 0) is 45.0 Å². The van der Waals surface area contributed by atoms with Crippen LogP contribution in [-0.4, -0.2) is 30.7 Å². The molecule has 1 atom stereocenters. The Balaban J connectivity index is 1.99. The standard InChI is InChI=1S/C21H26Cl2N4O2/c1-21(2,3)20(28)29-27-11-10-26(19-14(23)7-5-9-16(19)25)12-17(27)18-13(22)6-4-8-15(18)24/h4-9,17H,10-12,24-25H2,1-3H3. The Kier molecular flexibility index (Phi) is 6.17. The first-order chi connectivity index (χ1) is 13.6. The van der Waals surface area contributed by atoms with Crippen molar-refractivity contribution < 1.29 is 9.63 Å². The molecule has 0 radical (unpaired) electrons. The van der Waals surface area contributed by atoms with Gasteiger partial charge in [0.05, 0.1) is 34.4 Å². The molecule has 8 heteroatoms. The van der Waals surface area contributed by atoms with Crippen LogP contribution < -0.4 is 16.4 Å². The maximum Gasteiger partial charge on any atom is 0.330 e. The van der Waals surface area contributed by atoms with Crippen molar-refractivity contribution in [3.63, 3.8) is 0 Å². The molecule has 0 bridgehead atoms. The molecule has 1 fully saturated rings. The summed E-state index contributed by atoms with van der Waals surface area (Å²) < 4.78 is 0. The number of rotatable bonds is 3. The van der Waals surface area contributed by atoms with Gasteiger partial charge in [-0.15, -0.1) is 5.06 Å². The third-order valence-electron chi connectivity index (χ3n) is 4.90. The molecule has 6 nitrogen and oxygen atoms in total. The van der Waals surface area contributed by atoms with Gasteiger partial charge in [-0.3, -0.25) is 0 Å². The second kappa shape index (κ2) is 8.30. The minimum Gasteiger partial charge on any atom is -0.398 e. The number of nitrogen functional groups attached to an aromatic ring is 2. The van der Waals surface area contributed by atoms with Crippen LogP contribution in [-0.2, 0) is 9.63 Å². The van der Waals surface area contributed by atoms with Crippen LogP contribution in [0.2, 0.25) is 10.0 Å². The van der Waals surface area contributed by atoms with Crippen molar-refractivity contribution in [2.24, 2.45) is 5.41 Å². The Morgan fingerprint density at radius 1 is 1.03 bits per heavy atom. The number of hydrogen-bond acceptors (Lipinski definition) is 6. The summed E-state index contributed by atoms with van der Waals surface area (Å²) in [5.74, 6) is -0.321. The lowest BCUT2D eigenvalue weighted by molar-refractivity contribution is -0.214. The molecule has 1 aliphatic heterocycles. The molecule has 0 amide bonds. The van der Waals surface area contributed by atoms with Crippen LogP contribution in [0.5, 0.6) is 0 Å². The summed E-state index contributed by atoms with van der Waals surface area (Å²) in [7, 11) is 0. The zero-order valence-electron chi connectivity index (χ0n) is 16.8. The van der Waals surface area contributed by atoms with Crippen LogP contribution in [0.15, 0.2) is 36.4 Å². The molecule has 3 rings (SSSR count). The van der Waals surface area contributed by atoms with E-state index in [1.54, 1.807) is 29.3 Å². The Bertz CT molecular complexity index is 874. The van der Waals surface area contributed by atoms with Crippen molar-refractivity contribution in [2.75, 3.05) is 36.0 Å². The topological polar surface area (TPSA) is 84.8 Å². The minimum atomic E-state index is -0.638. The molecule has 2 aromatic carbocycles. The number of nitrogens with two attached hydrogens (primary N) is 2. The first-order valence-corrected chi connectivity index (χ1v) is 10.2. The molecule has 0 aliphatic carbocycles. The average molecular weight is 437 g/mol. The molecule has 0 saturated carbocycles. The minimum absolute atomic E-state index is 0.321. The molecule has 4 N–H and O–H groups in total. The molecule has 0 aromatic heterocycles. The first kappa shape index (κ1) is 21.6. The van der Waals surface area contributed by atoms with Gasteiger partial charge in [0.15, 0.2) is 0 Å². The number of halogens is 2. The number of carbonyl (C=O) groups excluding carboxylic acids is 1. The first-order valence-electron chi connectivity index (χ1n) is 9.41. The van der Waals surface area contributed by atoms with Crippen LogP contribution in [0.25, 0.3) is 0 Å². The summed E-state index contributed by atoms with van der Waals surface area (Å²) in [6.45, 7) is 6.92. The van der Waals surface area contributed by atoms with Gasteiger partial charge in [0.25, 0.3) is 0 Å². The third-order valence-corrected chi connectivity index (χ3v) is 5.53. The largest absolute Gasteiger partial charge is 0.398 e. The summed E-state index contributed by atoms with van der Waals surface area (Å²) in [4.78, 5) is 20.4. The molecular formula is C21H26Cl2N4O2. The number of anilines is 3. The number of benzene rings is 2. The van der Waals surface area contributed by atoms with E-state index in [0.717, 1.165) is 5.69 Å². The lowest BCUT2D eigenvalue weighted by atomic mass is 9.97. The molecule has 1 heterocycles. The van der Waals surface area contributed by atoms with Gasteiger partial charge in [0.2, 0.25) is 0 Å². The van der Waals surface area contributed by atoms with Crippen molar-refractivity contribution in [3.8, 4) is 0 Å². The van der Waals surface area contributed by atoms with Gasteiger partial charge in [0, 0.05) is 29.4 Å². The zero-order chi connectivity index (χ0) is 21.3. The van der Waals surface area contributed by atoms with Gasteiger partial charge < -0.3 is 21.2 Å². The smallest absolute Gasteiger partial charge is 0.330 e. The van der Waals surface area contributed by atoms with Gasteiger partial charge in [-0.25, -0.2) is 4.79 Å². The lowest BCUT2D eigenvalue weighted by Crippen LogP contribution is -2.50. The van der Waals surface area contributed by atoms with Crippen LogP contribution in [0, 0.1) is 5.41 Å². The highest BCUT2D eigenvalue weighted by molar-refractivity contribution is 6.34. The van der Waals surface area contributed by atoms with E-state index < -0.39 is 5.41 Å². The van der Waals surface area contributed by atoms with Crippen LogP contribution in [0.1, 0.15) is 32.4 Å². The molecule has 0 spiro atoms. The third kappa shape index (κ3) is 4.55. The van der Waals surface area contributed by atoms with E-state index in [1.807, 2.05) is 32.9 Å². The van der Waals surface area contributed by atoms with Crippen molar-refractivity contribution >= 4 is 46.2 Å². The molecule has 2 aromatic rings. The number of carbonyl (C=O) groups is 1. The van der Waals surface area contributed by atoms with Crippen molar-refractivity contribution in [1.29, 1.82) is 0 Å². The van der Waals surface area contributed by atoms with E-state index >= 15 is 0 Å². The molecular weight excluding hydrogens is 411 g/mol. The number of para-hydroxylation sites is 1. The highest BCUT2D eigenvalue weighted by Gasteiger charge is 2.37. The number of piperazine rings is 1. The molecule has 156 valence electrons. The van der Waals surface area contributed by atoms with Gasteiger partial charge in [-0.1, -0.05) is 35.3 Å². The van der Waals surface area contributed by atoms with E-state index in [1.165, 1.54) is 0 Å². The summed E-state index contributed by atoms with van der Waals surface area (Å²) in [5.41, 5.74) is 14.4. The van der Waals surface area contributed by atoms with Crippen molar-refractivity contribution in [1.82, 2.24) is 5.06 Å². The number of hydroxylamine groups is 2. The van der Waals surface area contributed by atoms with Crippen molar-refractivity contribution in [3.05, 3.63) is 52.0 Å². The predicted molar refractivity (Wildman–Crippen MR) is 119 cm³/mol. The van der Waals surface area contributed by atoms with E-state index in [9.17, 15) is 4.79 Å². The number of nitrogens with zero attached hydrogens (tertiary/aromatic N) is 2. The fourth-order valence-corrected chi connectivity index (χ4v) is 3.94. The Morgan fingerprint density at radius 3 is 2.24 bits per heavy atom. The lowest BCUT2D eigenvalue weighted by Gasteiger charge is -2.42. The number of hydrogen-bond donors (Lipinski definition) is 2. The molecule has 1 aliphatic rings. The Morgan fingerprint density at radius 2 is 1.66 bits per heavy atom. The highest BCUT2D eigenvalue weighted by atomic mass is 35.5. The molecule has 1 saturated heterocycles. The van der Waals surface area contributed by atoms with Crippen LogP contribution in [0.3, 0.4) is 0 Å². The second-order valence-electron chi connectivity index (χ2n) is 8.15. The van der Waals surface area contributed by atoms with Crippen LogP contribution in [0.4, 0.5) is 17.1 Å². The van der Waals surface area contributed by atoms with E-state index in [0.29, 0.717) is 46.6 Å². The molecule has 1 unspecified atom stereocenters. The second-order valence-corrected chi connectivity index (χ2v) is 8.97. The monoisotopic (exact) mass is 436 g/mol. The quantitative estimate of drug-likeness (QED) is 0.687. The Hall–Kier alpha value is -2.15. The fraction of sp³-hybridized carbons (Fsp3) is 0.381. The fourth-order valence-electron chi connectivity index (χ4n) is 3.33. The van der Waals surface area contributed by atoms with Gasteiger partial charge in [-0.2, -0.15) is 0 Å². The average Bonchev–Trinajstić information content (AvgIpc) is 2.62. The van der Waals surface area contributed by atoms with Gasteiger partial charge >= 0.3 is 5.97 Å².